The van der Waals surface area contributed by atoms with E-state index in [0.29, 0.717) is 6.04 Å². The highest BCUT2D eigenvalue weighted by molar-refractivity contribution is 6.30. The van der Waals surface area contributed by atoms with E-state index in [-0.39, 0.29) is 12.1 Å². The topological polar surface area (TPSA) is 23.5 Å². The molecule has 0 spiro atoms. The molecule has 0 radical (unpaired) electrons. The van der Waals surface area contributed by atoms with Crippen LogP contribution in [0.15, 0.2) is 18.2 Å². The van der Waals surface area contributed by atoms with Crippen molar-refractivity contribution in [1.82, 2.24) is 0 Å². The number of fused-ring (bicyclic) bond motifs is 1. The molecule has 2 unspecified atom stereocenters. The highest BCUT2D eigenvalue weighted by atomic mass is 35.5. The molecule has 1 aromatic rings. The minimum atomic E-state index is -0.325. The van der Waals surface area contributed by atoms with Gasteiger partial charge in [0.1, 0.15) is 0 Å². The lowest BCUT2D eigenvalue weighted by Crippen LogP contribution is -2.44. The third kappa shape index (κ3) is 1.92. The van der Waals surface area contributed by atoms with Crippen LogP contribution in [0.5, 0.6) is 0 Å². The molecule has 16 heavy (non-hydrogen) atoms. The maximum absolute atomic E-state index is 9.84. The van der Waals surface area contributed by atoms with E-state index < -0.39 is 0 Å². The average Bonchev–Trinajstić information content (AvgIpc) is 2.55. The summed E-state index contributed by atoms with van der Waals surface area (Å²) < 4.78 is 0. The van der Waals surface area contributed by atoms with Gasteiger partial charge in [-0.05, 0) is 51.0 Å². The summed E-state index contributed by atoms with van der Waals surface area (Å²) >= 11 is 6.00. The molecule has 0 aromatic heterocycles. The summed E-state index contributed by atoms with van der Waals surface area (Å²) in [6.07, 6.45) is 0.555. The van der Waals surface area contributed by atoms with Crippen LogP contribution in [0, 0.1) is 0 Å². The Morgan fingerprint density at radius 2 is 2.06 bits per heavy atom. The van der Waals surface area contributed by atoms with Gasteiger partial charge in [-0.25, -0.2) is 0 Å². The first-order valence-corrected chi connectivity index (χ1v) is 6.13. The van der Waals surface area contributed by atoms with Gasteiger partial charge < -0.3 is 10.0 Å². The van der Waals surface area contributed by atoms with E-state index in [1.165, 1.54) is 11.3 Å². The van der Waals surface area contributed by atoms with E-state index in [1.807, 2.05) is 19.1 Å². The summed E-state index contributed by atoms with van der Waals surface area (Å²) in [4.78, 5) is 2.29. The van der Waals surface area contributed by atoms with Gasteiger partial charge in [0.15, 0.2) is 0 Å². The van der Waals surface area contributed by atoms with Crippen LogP contribution in [0.3, 0.4) is 0 Å². The summed E-state index contributed by atoms with van der Waals surface area (Å²) in [5.74, 6) is 0. The Kier molecular flexibility index (Phi) is 3.13. The first-order valence-electron chi connectivity index (χ1n) is 5.75. The molecule has 88 valence electrons. The van der Waals surface area contributed by atoms with Gasteiger partial charge in [-0.3, -0.25) is 0 Å². The molecular formula is C13H18ClNO. The Balaban J connectivity index is 2.41. The maximum atomic E-state index is 9.84. The summed E-state index contributed by atoms with van der Waals surface area (Å²) in [5, 5.41) is 10.6. The van der Waals surface area contributed by atoms with Crippen molar-refractivity contribution in [2.75, 3.05) is 4.90 Å². The molecule has 2 rings (SSSR count). The van der Waals surface area contributed by atoms with Crippen LogP contribution >= 0.6 is 11.6 Å². The van der Waals surface area contributed by atoms with Crippen LogP contribution in [0.4, 0.5) is 5.69 Å². The van der Waals surface area contributed by atoms with Gasteiger partial charge in [0.25, 0.3) is 0 Å². The lowest BCUT2D eigenvalue weighted by Gasteiger charge is -2.33. The van der Waals surface area contributed by atoms with E-state index in [0.717, 1.165) is 11.4 Å². The fourth-order valence-corrected chi connectivity index (χ4v) is 2.73. The molecule has 1 aromatic carbocycles. The lowest BCUT2D eigenvalue weighted by atomic mass is 10.1. The standard InChI is InChI=1S/C13H18ClNO/c1-8(2)15-12-5-4-11(14)6-10(12)7-13(15)9(3)16/h4-6,8-9,13,16H,7H2,1-3H3. The third-order valence-electron chi connectivity index (χ3n) is 3.22. The van der Waals surface area contributed by atoms with E-state index in [9.17, 15) is 5.11 Å². The second-order valence-electron chi connectivity index (χ2n) is 4.79. The van der Waals surface area contributed by atoms with Gasteiger partial charge in [-0.2, -0.15) is 0 Å². The number of benzene rings is 1. The molecule has 0 aliphatic carbocycles. The van der Waals surface area contributed by atoms with E-state index in [1.54, 1.807) is 0 Å². The average molecular weight is 240 g/mol. The quantitative estimate of drug-likeness (QED) is 0.858. The SMILES string of the molecule is CC(O)C1Cc2cc(Cl)ccc2N1C(C)C. The number of hydrogen-bond donors (Lipinski definition) is 1. The Hall–Kier alpha value is -0.730. The van der Waals surface area contributed by atoms with Gasteiger partial charge >= 0.3 is 0 Å². The summed E-state index contributed by atoms with van der Waals surface area (Å²) in [7, 11) is 0. The molecule has 0 amide bonds. The summed E-state index contributed by atoms with van der Waals surface area (Å²) in [5.41, 5.74) is 2.46. The second-order valence-corrected chi connectivity index (χ2v) is 5.22. The smallest absolute Gasteiger partial charge is 0.0718 e. The van der Waals surface area contributed by atoms with Crippen LogP contribution in [-0.2, 0) is 6.42 Å². The highest BCUT2D eigenvalue weighted by Crippen LogP contribution is 2.36. The van der Waals surface area contributed by atoms with Crippen molar-refractivity contribution < 1.29 is 5.11 Å². The molecule has 1 aliphatic heterocycles. The fourth-order valence-electron chi connectivity index (χ4n) is 2.54. The maximum Gasteiger partial charge on any atom is 0.0718 e. The first-order chi connectivity index (χ1) is 7.50. The molecule has 1 aliphatic rings. The highest BCUT2D eigenvalue weighted by Gasteiger charge is 2.33. The number of nitrogens with zero attached hydrogens (tertiary/aromatic N) is 1. The van der Waals surface area contributed by atoms with Gasteiger partial charge in [-0.15, -0.1) is 0 Å². The monoisotopic (exact) mass is 239 g/mol. The zero-order chi connectivity index (χ0) is 11.9. The predicted molar refractivity (Wildman–Crippen MR) is 68.2 cm³/mol. The third-order valence-corrected chi connectivity index (χ3v) is 3.45. The Bertz CT molecular complexity index is 390. The van der Waals surface area contributed by atoms with Crippen molar-refractivity contribution in [3.8, 4) is 0 Å². The molecule has 3 heteroatoms. The second kappa shape index (κ2) is 4.27. The molecule has 0 saturated carbocycles. The number of anilines is 1. The summed E-state index contributed by atoms with van der Waals surface area (Å²) in [6.45, 7) is 6.16. The molecular weight excluding hydrogens is 222 g/mol. The van der Waals surface area contributed by atoms with Crippen molar-refractivity contribution in [3.63, 3.8) is 0 Å². The van der Waals surface area contributed by atoms with Gasteiger partial charge in [0.2, 0.25) is 0 Å². The number of aliphatic hydroxyl groups excluding tert-OH is 1. The molecule has 0 saturated heterocycles. The van der Waals surface area contributed by atoms with Gasteiger partial charge in [-0.1, -0.05) is 11.6 Å². The number of aliphatic hydroxyl groups is 1. The van der Waals surface area contributed by atoms with Crippen molar-refractivity contribution in [3.05, 3.63) is 28.8 Å². The van der Waals surface area contributed by atoms with Crippen molar-refractivity contribution in [2.24, 2.45) is 0 Å². The van der Waals surface area contributed by atoms with E-state index >= 15 is 0 Å². The van der Waals surface area contributed by atoms with Crippen LogP contribution in [0.25, 0.3) is 0 Å². The fraction of sp³-hybridized carbons (Fsp3) is 0.538. The molecule has 0 fully saturated rings. The normalized spacial score (nSPS) is 21.4. The van der Waals surface area contributed by atoms with Gasteiger partial charge in [0.05, 0.1) is 12.1 Å². The minimum Gasteiger partial charge on any atom is -0.391 e. The Labute approximate surface area is 102 Å². The Morgan fingerprint density at radius 3 is 2.62 bits per heavy atom. The van der Waals surface area contributed by atoms with Crippen LogP contribution < -0.4 is 4.90 Å². The predicted octanol–water partition coefficient (Wildman–Crippen LogP) is 2.86. The molecule has 2 atom stereocenters. The van der Waals surface area contributed by atoms with Crippen molar-refractivity contribution in [1.29, 1.82) is 0 Å². The number of hydrogen-bond acceptors (Lipinski definition) is 2. The molecule has 1 heterocycles. The molecule has 1 N–H and O–H groups in total. The number of rotatable bonds is 2. The largest absolute Gasteiger partial charge is 0.391 e. The summed E-state index contributed by atoms with van der Waals surface area (Å²) in [6, 6.07) is 6.55. The zero-order valence-corrected chi connectivity index (χ0v) is 10.7. The first kappa shape index (κ1) is 11.7. The minimum absolute atomic E-state index is 0.175. The van der Waals surface area contributed by atoms with Crippen LogP contribution in [0.2, 0.25) is 5.02 Å². The number of halogens is 1. The van der Waals surface area contributed by atoms with Gasteiger partial charge in [0, 0.05) is 16.8 Å². The zero-order valence-electron chi connectivity index (χ0n) is 9.94. The van der Waals surface area contributed by atoms with Crippen LogP contribution in [-0.4, -0.2) is 23.3 Å². The molecule has 2 nitrogen and oxygen atoms in total. The van der Waals surface area contributed by atoms with E-state index in [2.05, 4.69) is 24.8 Å². The van der Waals surface area contributed by atoms with E-state index in [4.69, 9.17) is 11.6 Å². The lowest BCUT2D eigenvalue weighted by molar-refractivity contribution is 0.159. The van der Waals surface area contributed by atoms with Crippen molar-refractivity contribution >= 4 is 17.3 Å². The van der Waals surface area contributed by atoms with Crippen molar-refractivity contribution in [2.45, 2.75) is 45.4 Å². The molecule has 0 bridgehead atoms. The van der Waals surface area contributed by atoms with Crippen LogP contribution in [0.1, 0.15) is 26.3 Å². The Morgan fingerprint density at radius 1 is 1.38 bits per heavy atom.